The summed E-state index contributed by atoms with van der Waals surface area (Å²) in [7, 11) is 0. The fourth-order valence-corrected chi connectivity index (χ4v) is 0.853. The fraction of sp³-hybridized carbons (Fsp3) is 0.875. The number of aliphatic hydroxyl groups is 1. The van der Waals surface area contributed by atoms with E-state index < -0.39 is 18.1 Å². The van der Waals surface area contributed by atoms with Gasteiger partial charge in [-0.1, -0.05) is 13.8 Å². The quantitative estimate of drug-likeness (QED) is 0.468. The zero-order valence-electron chi connectivity index (χ0n) is 8.29. The minimum Gasteiger partial charge on any atom is -1.00 e. The standard InChI is InChI=1S/C8H17NO3.ClH/c1-4-12-8(11)6(9)7(10)5(2)3;/h5-7,10H,4,9H2,1-3H3;1H. The van der Waals surface area contributed by atoms with Crippen LogP contribution in [0, 0.1) is 5.92 Å². The molecule has 0 aliphatic carbocycles. The summed E-state index contributed by atoms with van der Waals surface area (Å²) < 4.78 is 4.71. The van der Waals surface area contributed by atoms with Gasteiger partial charge in [-0.3, -0.25) is 0 Å². The summed E-state index contributed by atoms with van der Waals surface area (Å²) in [6.45, 7) is 5.73. The lowest BCUT2D eigenvalue weighted by molar-refractivity contribution is -0.427. The Balaban J connectivity index is 0. The molecule has 4 N–H and O–H groups in total. The summed E-state index contributed by atoms with van der Waals surface area (Å²) in [6.07, 6.45) is -0.718. The molecule has 0 aliphatic rings. The molecule has 0 bridgehead atoms. The van der Waals surface area contributed by atoms with Gasteiger partial charge in [-0.2, -0.15) is 0 Å². The smallest absolute Gasteiger partial charge is 0.367 e. The van der Waals surface area contributed by atoms with Crippen molar-refractivity contribution in [3.05, 3.63) is 0 Å². The van der Waals surface area contributed by atoms with Crippen LogP contribution in [0.2, 0.25) is 0 Å². The first-order valence-corrected chi connectivity index (χ1v) is 4.18. The normalized spacial score (nSPS) is 14.6. The molecule has 5 heteroatoms. The van der Waals surface area contributed by atoms with Crippen LogP contribution >= 0.6 is 0 Å². The van der Waals surface area contributed by atoms with E-state index in [1.165, 1.54) is 0 Å². The van der Waals surface area contributed by atoms with Crippen LogP contribution in [0.3, 0.4) is 0 Å². The Bertz CT molecular complexity index is 152. The third-order valence-electron chi connectivity index (χ3n) is 1.68. The number of aliphatic hydroxyl groups excluding tert-OH is 1. The van der Waals surface area contributed by atoms with E-state index in [2.05, 4.69) is 5.73 Å². The average Bonchev–Trinajstić information content (AvgIpc) is 2.02. The van der Waals surface area contributed by atoms with E-state index >= 15 is 0 Å². The lowest BCUT2D eigenvalue weighted by Crippen LogP contribution is -3.00. The predicted octanol–water partition coefficient (Wildman–Crippen LogP) is -3.82. The van der Waals surface area contributed by atoms with Crippen LogP contribution < -0.4 is 18.1 Å². The molecule has 0 aromatic heterocycles. The van der Waals surface area contributed by atoms with Crippen molar-refractivity contribution in [1.29, 1.82) is 0 Å². The van der Waals surface area contributed by atoms with Crippen molar-refractivity contribution in [3.63, 3.8) is 0 Å². The Kier molecular flexibility index (Phi) is 8.30. The molecule has 80 valence electrons. The average molecular weight is 212 g/mol. The van der Waals surface area contributed by atoms with Crippen molar-refractivity contribution in [2.45, 2.75) is 32.9 Å². The fourth-order valence-electron chi connectivity index (χ4n) is 0.853. The highest BCUT2D eigenvalue weighted by Crippen LogP contribution is 2.04. The van der Waals surface area contributed by atoms with Crippen LogP contribution in [0.5, 0.6) is 0 Å². The summed E-state index contributed by atoms with van der Waals surface area (Å²) in [5, 5.41) is 9.43. The molecule has 0 aliphatic heterocycles. The van der Waals surface area contributed by atoms with Crippen molar-refractivity contribution >= 4 is 5.97 Å². The summed E-state index contributed by atoms with van der Waals surface area (Å²) in [5.74, 6) is -0.407. The zero-order chi connectivity index (χ0) is 9.72. The van der Waals surface area contributed by atoms with E-state index in [9.17, 15) is 9.90 Å². The molecule has 0 rings (SSSR count). The zero-order valence-corrected chi connectivity index (χ0v) is 9.04. The summed E-state index contributed by atoms with van der Waals surface area (Å²) >= 11 is 0. The monoisotopic (exact) mass is 211 g/mol. The third kappa shape index (κ3) is 5.08. The highest BCUT2D eigenvalue weighted by Gasteiger charge is 2.29. The van der Waals surface area contributed by atoms with Gasteiger partial charge < -0.3 is 28.0 Å². The number of quaternary nitrogens is 1. The molecule has 0 amide bonds. The number of carbonyl (C=O) groups excluding carboxylic acids is 1. The Morgan fingerprint density at radius 1 is 1.54 bits per heavy atom. The second kappa shape index (κ2) is 7.12. The SMILES string of the molecule is CCOC(=O)C([NH3+])C(O)C(C)C.[Cl-]. The van der Waals surface area contributed by atoms with Gasteiger partial charge in [-0.05, 0) is 12.8 Å². The molecule has 0 aromatic carbocycles. The lowest BCUT2D eigenvalue weighted by atomic mass is 10.0. The molecular formula is C8H18ClNO3. The Labute approximate surface area is 84.9 Å². The highest BCUT2D eigenvalue weighted by molar-refractivity contribution is 5.74. The number of rotatable bonds is 4. The Morgan fingerprint density at radius 2 is 2.00 bits per heavy atom. The minimum atomic E-state index is -0.718. The molecule has 0 saturated heterocycles. The van der Waals surface area contributed by atoms with Crippen LogP contribution in [-0.2, 0) is 9.53 Å². The predicted molar refractivity (Wildman–Crippen MR) is 44.2 cm³/mol. The number of ether oxygens (including phenoxy) is 1. The second-order valence-corrected chi connectivity index (χ2v) is 3.09. The van der Waals surface area contributed by atoms with E-state index in [1.54, 1.807) is 6.92 Å². The van der Waals surface area contributed by atoms with Crippen molar-refractivity contribution in [2.24, 2.45) is 5.92 Å². The molecule has 4 nitrogen and oxygen atoms in total. The molecule has 13 heavy (non-hydrogen) atoms. The van der Waals surface area contributed by atoms with Gasteiger partial charge in [0.25, 0.3) is 0 Å². The van der Waals surface area contributed by atoms with Crippen molar-refractivity contribution in [1.82, 2.24) is 0 Å². The summed E-state index contributed by atoms with van der Waals surface area (Å²) in [6, 6.07) is -0.676. The lowest BCUT2D eigenvalue weighted by Gasteiger charge is -2.17. The van der Waals surface area contributed by atoms with Crippen LogP contribution in [0.1, 0.15) is 20.8 Å². The van der Waals surface area contributed by atoms with Crippen molar-refractivity contribution in [2.75, 3.05) is 6.61 Å². The minimum absolute atomic E-state index is 0. The van der Waals surface area contributed by atoms with Gasteiger partial charge in [-0.15, -0.1) is 0 Å². The van der Waals surface area contributed by atoms with Gasteiger partial charge in [0.05, 0.1) is 6.61 Å². The first-order chi connectivity index (χ1) is 5.50. The van der Waals surface area contributed by atoms with E-state index in [0.29, 0.717) is 6.61 Å². The van der Waals surface area contributed by atoms with Crippen molar-refractivity contribution in [3.8, 4) is 0 Å². The number of esters is 1. The van der Waals surface area contributed by atoms with Gasteiger partial charge in [0.1, 0.15) is 6.10 Å². The maximum absolute atomic E-state index is 11.0. The van der Waals surface area contributed by atoms with Crippen LogP contribution in [-0.4, -0.2) is 29.8 Å². The first kappa shape index (κ1) is 15.2. The maximum atomic E-state index is 11.0. The van der Waals surface area contributed by atoms with Crippen molar-refractivity contribution < 1.29 is 32.8 Å². The number of halogens is 1. The molecule has 0 fully saturated rings. The van der Waals surface area contributed by atoms with E-state index in [0.717, 1.165) is 0 Å². The molecule has 0 spiro atoms. The van der Waals surface area contributed by atoms with Gasteiger partial charge >= 0.3 is 5.97 Å². The summed E-state index contributed by atoms with van der Waals surface area (Å²) in [4.78, 5) is 11.0. The Hall–Kier alpha value is -0.320. The molecule has 0 heterocycles. The van der Waals surface area contributed by atoms with E-state index in [1.807, 2.05) is 13.8 Å². The number of hydrogen-bond donors (Lipinski definition) is 2. The van der Waals surface area contributed by atoms with Crippen LogP contribution in [0.4, 0.5) is 0 Å². The van der Waals surface area contributed by atoms with Gasteiger partial charge in [0.15, 0.2) is 0 Å². The third-order valence-corrected chi connectivity index (χ3v) is 1.68. The second-order valence-electron chi connectivity index (χ2n) is 3.09. The Morgan fingerprint density at radius 3 is 2.31 bits per heavy atom. The number of carbonyl (C=O) groups is 1. The van der Waals surface area contributed by atoms with Crippen LogP contribution in [0.15, 0.2) is 0 Å². The highest BCUT2D eigenvalue weighted by atomic mass is 35.5. The molecule has 2 unspecified atom stereocenters. The topological polar surface area (TPSA) is 74.2 Å². The summed E-state index contributed by atoms with van der Waals surface area (Å²) in [5.41, 5.74) is 3.55. The molecule has 0 saturated carbocycles. The largest absolute Gasteiger partial charge is 1.00 e. The van der Waals surface area contributed by atoms with Gasteiger partial charge in [-0.25, -0.2) is 4.79 Å². The van der Waals surface area contributed by atoms with Gasteiger partial charge in [0, 0.05) is 0 Å². The molecular weight excluding hydrogens is 194 g/mol. The number of hydrogen-bond acceptors (Lipinski definition) is 3. The van der Waals surface area contributed by atoms with E-state index in [4.69, 9.17) is 4.74 Å². The first-order valence-electron chi connectivity index (χ1n) is 4.18. The van der Waals surface area contributed by atoms with Gasteiger partial charge in [0.2, 0.25) is 6.04 Å². The maximum Gasteiger partial charge on any atom is 0.367 e. The van der Waals surface area contributed by atoms with Crippen LogP contribution in [0.25, 0.3) is 0 Å². The molecule has 0 radical (unpaired) electrons. The molecule has 2 atom stereocenters. The molecule has 0 aromatic rings. The van der Waals surface area contributed by atoms with E-state index in [-0.39, 0.29) is 18.3 Å².